The molecule has 150 valence electrons. The van der Waals surface area contributed by atoms with Gasteiger partial charge in [-0.15, -0.1) is 0 Å². The topological polar surface area (TPSA) is 58.2 Å². The molecular formula is C23H29FN2O2. The average Bonchev–Trinajstić information content (AvgIpc) is 2.64. The van der Waals surface area contributed by atoms with Crippen LogP contribution in [-0.2, 0) is 10.2 Å². The first-order chi connectivity index (χ1) is 13.1. The lowest BCUT2D eigenvalue weighted by molar-refractivity contribution is -0.124. The Labute approximate surface area is 166 Å². The molecule has 0 heterocycles. The Balaban J connectivity index is 2.05. The van der Waals surface area contributed by atoms with Gasteiger partial charge in [-0.2, -0.15) is 0 Å². The molecule has 2 amide bonds. The van der Waals surface area contributed by atoms with Crippen molar-refractivity contribution >= 4 is 11.8 Å². The van der Waals surface area contributed by atoms with Gasteiger partial charge in [-0.3, -0.25) is 9.59 Å². The maximum Gasteiger partial charge on any atom is 0.251 e. The van der Waals surface area contributed by atoms with Gasteiger partial charge in [0.1, 0.15) is 11.9 Å². The van der Waals surface area contributed by atoms with Crippen molar-refractivity contribution in [2.75, 3.05) is 6.54 Å². The third kappa shape index (κ3) is 5.41. The summed E-state index contributed by atoms with van der Waals surface area (Å²) in [5, 5.41) is 5.69. The van der Waals surface area contributed by atoms with Crippen molar-refractivity contribution in [3.05, 3.63) is 71.0 Å². The van der Waals surface area contributed by atoms with Crippen molar-refractivity contribution in [3.63, 3.8) is 0 Å². The summed E-state index contributed by atoms with van der Waals surface area (Å²) >= 11 is 0. The van der Waals surface area contributed by atoms with E-state index in [0.717, 1.165) is 5.56 Å². The molecule has 0 radical (unpaired) electrons. The quantitative estimate of drug-likeness (QED) is 0.759. The van der Waals surface area contributed by atoms with Crippen LogP contribution in [0, 0.1) is 18.7 Å². The van der Waals surface area contributed by atoms with E-state index < -0.39 is 11.5 Å². The van der Waals surface area contributed by atoms with Crippen LogP contribution < -0.4 is 10.6 Å². The zero-order valence-corrected chi connectivity index (χ0v) is 17.2. The molecule has 1 atom stereocenters. The number of benzene rings is 2. The second-order valence-corrected chi connectivity index (χ2v) is 8.14. The highest BCUT2D eigenvalue weighted by Crippen LogP contribution is 2.25. The third-order valence-corrected chi connectivity index (χ3v) is 4.86. The van der Waals surface area contributed by atoms with E-state index in [1.165, 1.54) is 6.07 Å². The molecule has 0 bridgehead atoms. The standard InChI is InChI=1S/C23H29FN2O2/c1-15(2)20(26-21(27)17-12-10-16(3)11-13-17)22(28)25-14-23(4,5)18-8-6-7-9-19(18)24/h6-13,15,20H,14H2,1-5H3,(H,25,28)(H,26,27). The molecule has 0 aliphatic carbocycles. The van der Waals surface area contributed by atoms with Crippen molar-refractivity contribution in [1.82, 2.24) is 10.6 Å². The number of amides is 2. The largest absolute Gasteiger partial charge is 0.353 e. The Morgan fingerprint density at radius 3 is 2.21 bits per heavy atom. The molecule has 5 heteroatoms. The fourth-order valence-electron chi connectivity index (χ4n) is 2.99. The van der Waals surface area contributed by atoms with Gasteiger partial charge in [0.2, 0.25) is 5.91 Å². The number of rotatable bonds is 7. The monoisotopic (exact) mass is 384 g/mol. The number of hydrogen-bond donors (Lipinski definition) is 2. The molecule has 1 unspecified atom stereocenters. The molecule has 0 saturated heterocycles. The van der Waals surface area contributed by atoms with E-state index in [9.17, 15) is 14.0 Å². The second kappa shape index (κ2) is 9.00. The van der Waals surface area contributed by atoms with Gasteiger partial charge >= 0.3 is 0 Å². The van der Waals surface area contributed by atoms with Gasteiger partial charge < -0.3 is 10.6 Å². The van der Waals surface area contributed by atoms with E-state index in [2.05, 4.69) is 10.6 Å². The lowest BCUT2D eigenvalue weighted by Gasteiger charge is -2.28. The second-order valence-electron chi connectivity index (χ2n) is 8.14. The summed E-state index contributed by atoms with van der Waals surface area (Å²) < 4.78 is 14.1. The lowest BCUT2D eigenvalue weighted by Crippen LogP contribution is -2.51. The highest BCUT2D eigenvalue weighted by molar-refractivity contribution is 5.97. The first kappa shape index (κ1) is 21.6. The predicted molar refractivity (Wildman–Crippen MR) is 110 cm³/mol. The van der Waals surface area contributed by atoms with Crippen molar-refractivity contribution < 1.29 is 14.0 Å². The molecule has 2 rings (SSSR count). The van der Waals surface area contributed by atoms with Crippen LogP contribution in [0.25, 0.3) is 0 Å². The van der Waals surface area contributed by atoms with E-state index in [-0.39, 0.29) is 30.1 Å². The first-order valence-corrected chi connectivity index (χ1v) is 9.52. The molecule has 0 saturated carbocycles. The van der Waals surface area contributed by atoms with Crippen molar-refractivity contribution in [2.45, 2.75) is 46.1 Å². The number of aryl methyl sites for hydroxylation is 1. The third-order valence-electron chi connectivity index (χ3n) is 4.86. The normalized spacial score (nSPS) is 12.5. The summed E-state index contributed by atoms with van der Waals surface area (Å²) in [4.78, 5) is 25.3. The minimum absolute atomic E-state index is 0.0917. The van der Waals surface area contributed by atoms with Gasteiger partial charge in [0, 0.05) is 17.5 Å². The summed E-state index contributed by atoms with van der Waals surface area (Å²) in [5.74, 6) is -0.956. The van der Waals surface area contributed by atoms with Gasteiger partial charge in [-0.1, -0.05) is 63.6 Å². The Kier molecular flexibility index (Phi) is 6.95. The number of carbonyl (C=O) groups is 2. The zero-order valence-electron chi connectivity index (χ0n) is 17.2. The highest BCUT2D eigenvalue weighted by atomic mass is 19.1. The Hall–Kier alpha value is -2.69. The molecule has 0 aliphatic heterocycles. The maximum absolute atomic E-state index is 14.1. The van der Waals surface area contributed by atoms with Crippen molar-refractivity contribution in [2.24, 2.45) is 5.92 Å². The Bertz CT molecular complexity index is 829. The number of nitrogens with one attached hydrogen (secondary N) is 2. The van der Waals surface area contributed by atoms with E-state index in [0.29, 0.717) is 11.1 Å². The van der Waals surface area contributed by atoms with Crippen LogP contribution in [0.2, 0.25) is 0 Å². The summed E-state index contributed by atoms with van der Waals surface area (Å²) in [6.45, 7) is 9.71. The first-order valence-electron chi connectivity index (χ1n) is 9.52. The van der Waals surface area contributed by atoms with E-state index in [1.54, 1.807) is 30.3 Å². The van der Waals surface area contributed by atoms with Gasteiger partial charge in [-0.05, 0) is 36.6 Å². The molecule has 0 aromatic heterocycles. The molecule has 0 aliphatic rings. The van der Waals surface area contributed by atoms with Gasteiger partial charge in [0.15, 0.2) is 0 Å². The fourth-order valence-corrected chi connectivity index (χ4v) is 2.99. The molecule has 0 spiro atoms. The molecule has 2 aromatic rings. The summed E-state index contributed by atoms with van der Waals surface area (Å²) in [6.07, 6.45) is 0. The molecule has 2 N–H and O–H groups in total. The minimum Gasteiger partial charge on any atom is -0.353 e. The van der Waals surface area contributed by atoms with Gasteiger partial charge in [-0.25, -0.2) is 4.39 Å². The van der Waals surface area contributed by atoms with Crippen LogP contribution >= 0.6 is 0 Å². The molecule has 2 aromatic carbocycles. The van der Waals surface area contributed by atoms with E-state index in [4.69, 9.17) is 0 Å². The average molecular weight is 384 g/mol. The smallest absolute Gasteiger partial charge is 0.251 e. The van der Waals surface area contributed by atoms with Crippen LogP contribution in [0.5, 0.6) is 0 Å². The van der Waals surface area contributed by atoms with Gasteiger partial charge in [0.05, 0.1) is 0 Å². The maximum atomic E-state index is 14.1. The molecule has 28 heavy (non-hydrogen) atoms. The van der Waals surface area contributed by atoms with Crippen molar-refractivity contribution in [1.29, 1.82) is 0 Å². The molecular weight excluding hydrogens is 355 g/mol. The summed E-state index contributed by atoms with van der Waals surface area (Å²) in [5.41, 5.74) is 1.53. The lowest BCUT2D eigenvalue weighted by atomic mass is 9.84. The van der Waals surface area contributed by atoms with Crippen molar-refractivity contribution in [3.8, 4) is 0 Å². The summed E-state index contributed by atoms with van der Waals surface area (Å²) in [7, 11) is 0. The van der Waals surface area contributed by atoms with Crippen LogP contribution in [0.15, 0.2) is 48.5 Å². The van der Waals surface area contributed by atoms with Crippen LogP contribution in [-0.4, -0.2) is 24.4 Å². The summed E-state index contributed by atoms with van der Waals surface area (Å²) in [6, 6.07) is 13.1. The SMILES string of the molecule is Cc1ccc(C(=O)NC(C(=O)NCC(C)(C)c2ccccc2F)C(C)C)cc1. The highest BCUT2D eigenvalue weighted by Gasteiger charge is 2.28. The zero-order chi connectivity index (χ0) is 20.9. The van der Waals surface area contributed by atoms with Crippen LogP contribution in [0.4, 0.5) is 4.39 Å². The number of carbonyl (C=O) groups excluding carboxylic acids is 2. The predicted octanol–water partition coefficient (Wildman–Crippen LogP) is 3.98. The van der Waals surface area contributed by atoms with E-state index in [1.807, 2.05) is 46.8 Å². The van der Waals surface area contributed by atoms with Crippen LogP contribution in [0.1, 0.15) is 49.2 Å². The Morgan fingerprint density at radius 2 is 1.64 bits per heavy atom. The van der Waals surface area contributed by atoms with Gasteiger partial charge in [0.25, 0.3) is 5.91 Å². The molecule has 4 nitrogen and oxygen atoms in total. The van der Waals surface area contributed by atoms with E-state index >= 15 is 0 Å². The van der Waals surface area contributed by atoms with Crippen LogP contribution in [0.3, 0.4) is 0 Å². The molecule has 0 fully saturated rings. The fraction of sp³-hybridized carbons (Fsp3) is 0.391. The minimum atomic E-state index is -0.676. The number of hydrogen-bond acceptors (Lipinski definition) is 2. The number of halogens is 1. The Morgan fingerprint density at radius 1 is 1.04 bits per heavy atom.